The van der Waals surface area contributed by atoms with Crippen LogP contribution in [0.15, 0.2) is 21.9 Å². The van der Waals surface area contributed by atoms with Crippen LogP contribution in [0.3, 0.4) is 0 Å². The number of nitrogens with one attached hydrogen (secondary N) is 1. The molecule has 0 aliphatic carbocycles. The molecule has 0 aromatic carbocycles. The van der Waals surface area contributed by atoms with Crippen LogP contribution in [-0.4, -0.2) is 17.9 Å². The summed E-state index contributed by atoms with van der Waals surface area (Å²) in [5.74, 6) is 0.818. The van der Waals surface area contributed by atoms with E-state index in [4.69, 9.17) is 4.42 Å². The molecule has 0 aliphatic rings. The number of hydrogen-bond donors (Lipinski definition) is 1. The van der Waals surface area contributed by atoms with Crippen LogP contribution in [0.25, 0.3) is 10.8 Å². The van der Waals surface area contributed by atoms with Crippen LogP contribution < -0.4 is 5.32 Å². The summed E-state index contributed by atoms with van der Waals surface area (Å²) in [7, 11) is 1.57. The van der Waals surface area contributed by atoms with Crippen LogP contribution in [0.4, 0.5) is 0 Å². The highest BCUT2D eigenvalue weighted by Crippen LogP contribution is 2.25. The first-order valence-electron chi connectivity index (χ1n) is 4.45. The van der Waals surface area contributed by atoms with Crippen molar-refractivity contribution in [1.29, 1.82) is 0 Å². The van der Waals surface area contributed by atoms with E-state index in [1.807, 2.05) is 17.5 Å². The first kappa shape index (κ1) is 9.92. The van der Waals surface area contributed by atoms with Crippen LogP contribution in [0.1, 0.15) is 16.2 Å². The van der Waals surface area contributed by atoms with E-state index < -0.39 is 0 Å². The van der Waals surface area contributed by atoms with Crippen LogP contribution in [0.2, 0.25) is 0 Å². The van der Waals surface area contributed by atoms with E-state index in [1.54, 1.807) is 14.0 Å². The fraction of sp³-hybridized carbons (Fsp3) is 0.200. The van der Waals surface area contributed by atoms with Gasteiger partial charge in [0, 0.05) is 7.05 Å². The Kier molecular flexibility index (Phi) is 2.55. The average Bonchev–Trinajstić information content (AvgIpc) is 2.84. The molecule has 0 spiro atoms. The van der Waals surface area contributed by atoms with Gasteiger partial charge in [0.2, 0.25) is 5.89 Å². The number of hydrogen-bond acceptors (Lipinski definition) is 4. The molecule has 4 nitrogen and oxygen atoms in total. The predicted octanol–water partition coefficient (Wildman–Crippen LogP) is 2.07. The Morgan fingerprint density at radius 2 is 2.40 bits per heavy atom. The second-order valence-corrected chi connectivity index (χ2v) is 3.93. The monoisotopic (exact) mass is 222 g/mol. The number of aryl methyl sites for hydroxylation is 1. The average molecular weight is 222 g/mol. The molecule has 0 saturated heterocycles. The molecule has 0 bridgehead atoms. The zero-order valence-corrected chi connectivity index (χ0v) is 9.22. The van der Waals surface area contributed by atoms with Gasteiger partial charge in [-0.3, -0.25) is 4.79 Å². The lowest BCUT2D eigenvalue weighted by Gasteiger charge is -1.92. The lowest BCUT2D eigenvalue weighted by molar-refractivity contribution is 0.0957. The third-order valence-electron chi connectivity index (χ3n) is 1.97. The highest BCUT2D eigenvalue weighted by molar-refractivity contribution is 7.13. The van der Waals surface area contributed by atoms with Crippen molar-refractivity contribution < 1.29 is 9.21 Å². The third-order valence-corrected chi connectivity index (χ3v) is 2.83. The molecule has 2 heterocycles. The van der Waals surface area contributed by atoms with Crippen molar-refractivity contribution in [2.45, 2.75) is 6.92 Å². The minimum atomic E-state index is -0.223. The van der Waals surface area contributed by atoms with Crippen LogP contribution in [0.5, 0.6) is 0 Å². The van der Waals surface area contributed by atoms with Gasteiger partial charge in [0.15, 0.2) is 5.69 Å². The number of carbonyl (C=O) groups excluding carboxylic acids is 1. The van der Waals surface area contributed by atoms with Gasteiger partial charge in [-0.05, 0) is 18.4 Å². The van der Waals surface area contributed by atoms with Gasteiger partial charge in [-0.2, -0.15) is 0 Å². The molecule has 5 heteroatoms. The number of carbonyl (C=O) groups is 1. The summed E-state index contributed by atoms with van der Waals surface area (Å²) in [6.07, 6.45) is 0. The molecule has 0 saturated carbocycles. The fourth-order valence-electron chi connectivity index (χ4n) is 1.23. The van der Waals surface area contributed by atoms with Gasteiger partial charge in [0.1, 0.15) is 5.76 Å². The van der Waals surface area contributed by atoms with E-state index >= 15 is 0 Å². The molecule has 0 unspecified atom stereocenters. The van der Waals surface area contributed by atoms with E-state index in [9.17, 15) is 4.79 Å². The van der Waals surface area contributed by atoms with Gasteiger partial charge in [-0.25, -0.2) is 4.98 Å². The minimum Gasteiger partial charge on any atom is -0.440 e. The van der Waals surface area contributed by atoms with Crippen molar-refractivity contribution in [3.63, 3.8) is 0 Å². The number of thiophene rings is 1. The van der Waals surface area contributed by atoms with E-state index in [2.05, 4.69) is 10.3 Å². The Morgan fingerprint density at radius 3 is 3.00 bits per heavy atom. The largest absolute Gasteiger partial charge is 0.440 e. The first-order chi connectivity index (χ1) is 7.22. The van der Waals surface area contributed by atoms with Gasteiger partial charge >= 0.3 is 0 Å². The van der Waals surface area contributed by atoms with Crippen molar-refractivity contribution in [3.05, 3.63) is 29.0 Å². The van der Waals surface area contributed by atoms with E-state index in [-0.39, 0.29) is 5.91 Å². The normalized spacial score (nSPS) is 10.3. The lowest BCUT2D eigenvalue weighted by Crippen LogP contribution is -2.19. The molecule has 2 aromatic rings. The predicted molar refractivity (Wildman–Crippen MR) is 57.9 cm³/mol. The zero-order chi connectivity index (χ0) is 10.8. The molecule has 0 atom stereocenters. The zero-order valence-electron chi connectivity index (χ0n) is 8.40. The Labute approximate surface area is 90.9 Å². The lowest BCUT2D eigenvalue weighted by atomic mass is 10.3. The topological polar surface area (TPSA) is 55.1 Å². The van der Waals surface area contributed by atoms with Crippen LogP contribution in [0, 0.1) is 6.92 Å². The summed E-state index contributed by atoms with van der Waals surface area (Å²) in [4.78, 5) is 16.5. The smallest absolute Gasteiger partial charge is 0.273 e. The summed E-state index contributed by atoms with van der Waals surface area (Å²) < 4.78 is 5.42. The van der Waals surface area contributed by atoms with Crippen molar-refractivity contribution in [2.24, 2.45) is 0 Å². The Balaban J connectivity index is 2.41. The summed E-state index contributed by atoms with van der Waals surface area (Å²) >= 11 is 1.53. The highest BCUT2D eigenvalue weighted by Gasteiger charge is 2.16. The number of aromatic nitrogens is 1. The molecule has 15 heavy (non-hydrogen) atoms. The van der Waals surface area contributed by atoms with E-state index in [0.717, 1.165) is 4.88 Å². The fourth-order valence-corrected chi connectivity index (χ4v) is 1.88. The van der Waals surface area contributed by atoms with Crippen molar-refractivity contribution in [2.75, 3.05) is 7.05 Å². The van der Waals surface area contributed by atoms with E-state index in [0.29, 0.717) is 17.3 Å². The Morgan fingerprint density at radius 1 is 1.60 bits per heavy atom. The quantitative estimate of drug-likeness (QED) is 0.846. The molecular formula is C10H10N2O2S. The molecule has 2 rings (SSSR count). The number of amides is 1. The highest BCUT2D eigenvalue weighted by atomic mass is 32.1. The summed E-state index contributed by atoms with van der Waals surface area (Å²) in [5, 5.41) is 4.46. The van der Waals surface area contributed by atoms with E-state index in [1.165, 1.54) is 11.3 Å². The molecular weight excluding hydrogens is 212 g/mol. The maximum atomic E-state index is 11.4. The molecule has 0 aliphatic heterocycles. The standard InChI is InChI=1S/C10H10N2O2S/c1-6-8(9(13)11-2)12-10(14-6)7-4-3-5-15-7/h3-5H,1-2H3,(H,11,13). The summed E-state index contributed by atoms with van der Waals surface area (Å²) in [5.41, 5.74) is 0.348. The minimum absolute atomic E-state index is 0.223. The van der Waals surface area contributed by atoms with Crippen molar-refractivity contribution >= 4 is 17.2 Å². The van der Waals surface area contributed by atoms with Gasteiger partial charge in [-0.1, -0.05) is 6.07 Å². The van der Waals surface area contributed by atoms with Crippen molar-refractivity contribution in [3.8, 4) is 10.8 Å². The summed E-state index contributed by atoms with van der Waals surface area (Å²) in [6, 6.07) is 3.82. The third kappa shape index (κ3) is 1.78. The summed E-state index contributed by atoms with van der Waals surface area (Å²) in [6.45, 7) is 1.73. The van der Waals surface area contributed by atoms with Gasteiger partial charge in [0.25, 0.3) is 5.91 Å². The second-order valence-electron chi connectivity index (χ2n) is 2.98. The SMILES string of the molecule is CNC(=O)c1nc(-c2cccs2)oc1C. The number of nitrogens with zero attached hydrogens (tertiary/aromatic N) is 1. The Bertz CT molecular complexity index is 474. The maximum absolute atomic E-state index is 11.4. The van der Waals surface area contributed by atoms with Gasteiger partial charge < -0.3 is 9.73 Å². The molecule has 1 N–H and O–H groups in total. The van der Waals surface area contributed by atoms with Crippen LogP contribution in [-0.2, 0) is 0 Å². The molecule has 0 fully saturated rings. The molecule has 0 radical (unpaired) electrons. The van der Waals surface area contributed by atoms with Crippen LogP contribution >= 0.6 is 11.3 Å². The second kappa shape index (κ2) is 3.86. The first-order valence-corrected chi connectivity index (χ1v) is 5.33. The number of oxazole rings is 1. The number of rotatable bonds is 2. The maximum Gasteiger partial charge on any atom is 0.273 e. The van der Waals surface area contributed by atoms with Crippen molar-refractivity contribution in [1.82, 2.24) is 10.3 Å². The molecule has 78 valence electrons. The van der Waals surface area contributed by atoms with Gasteiger partial charge in [0.05, 0.1) is 4.88 Å². The molecule has 1 amide bonds. The Hall–Kier alpha value is -1.62. The molecule has 2 aromatic heterocycles. The van der Waals surface area contributed by atoms with Gasteiger partial charge in [-0.15, -0.1) is 11.3 Å².